The molecule has 3 rings (SSSR count). The van der Waals surface area contributed by atoms with Crippen molar-refractivity contribution in [1.82, 2.24) is 10.4 Å². The summed E-state index contributed by atoms with van der Waals surface area (Å²) >= 11 is 2.05. The molecule has 0 aliphatic heterocycles. The van der Waals surface area contributed by atoms with Crippen molar-refractivity contribution < 1.29 is 0 Å². The average Bonchev–Trinajstić information content (AvgIpc) is 3.01. The monoisotopic (exact) mass is 287 g/mol. The maximum Gasteiger partial charge on any atom is 0.0571 e. The van der Waals surface area contributed by atoms with Gasteiger partial charge in [0, 0.05) is 28.8 Å². The third kappa shape index (κ3) is 2.97. The first kappa shape index (κ1) is 13.9. The molecule has 0 radical (unpaired) electrons. The molecule has 1 aromatic heterocycles. The van der Waals surface area contributed by atoms with Gasteiger partial charge in [-0.25, -0.2) is 0 Å². The van der Waals surface area contributed by atoms with Crippen LogP contribution in [0, 0.1) is 0 Å². The standard InChI is InChI=1S/C16H21N3S/c17-19-16(11-20-13-6-2-3-7-13)15-10-18-9-12-5-1-4-8-14(12)15/h1,4-5,8-10,13,16,19H,2-3,6-7,11,17H2. The summed E-state index contributed by atoms with van der Waals surface area (Å²) in [6.45, 7) is 0. The quantitative estimate of drug-likeness (QED) is 0.653. The number of hydrogen-bond donors (Lipinski definition) is 2. The molecule has 0 spiro atoms. The molecule has 1 aromatic carbocycles. The van der Waals surface area contributed by atoms with Gasteiger partial charge in [-0.3, -0.25) is 16.3 Å². The van der Waals surface area contributed by atoms with E-state index in [-0.39, 0.29) is 6.04 Å². The van der Waals surface area contributed by atoms with Crippen molar-refractivity contribution in [2.45, 2.75) is 37.0 Å². The Balaban J connectivity index is 1.79. The second-order valence-corrected chi connectivity index (χ2v) is 6.74. The van der Waals surface area contributed by atoms with Gasteiger partial charge in [-0.05, 0) is 23.8 Å². The fraction of sp³-hybridized carbons (Fsp3) is 0.438. The van der Waals surface area contributed by atoms with Crippen LogP contribution < -0.4 is 11.3 Å². The number of aromatic nitrogens is 1. The molecule has 1 heterocycles. The van der Waals surface area contributed by atoms with Crippen molar-refractivity contribution in [3.8, 4) is 0 Å². The minimum atomic E-state index is 0.166. The normalized spacial score (nSPS) is 17.6. The van der Waals surface area contributed by atoms with Crippen LogP contribution in [0.5, 0.6) is 0 Å². The van der Waals surface area contributed by atoms with Gasteiger partial charge in [0.1, 0.15) is 0 Å². The summed E-state index contributed by atoms with van der Waals surface area (Å²) in [5, 5.41) is 3.24. The first-order valence-electron chi connectivity index (χ1n) is 7.29. The van der Waals surface area contributed by atoms with Crippen molar-refractivity contribution >= 4 is 22.5 Å². The number of nitrogens with zero attached hydrogens (tertiary/aromatic N) is 1. The number of fused-ring (bicyclic) bond motifs is 1. The fourth-order valence-corrected chi connectivity index (χ4v) is 4.34. The number of hydrazine groups is 1. The Labute approximate surface area is 124 Å². The topological polar surface area (TPSA) is 50.9 Å². The van der Waals surface area contributed by atoms with Crippen molar-refractivity contribution in [2.75, 3.05) is 5.75 Å². The number of hydrogen-bond acceptors (Lipinski definition) is 4. The molecule has 0 bridgehead atoms. The summed E-state index contributed by atoms with van der Waals surface area (Å²) in [6, 6.07) is 8.54. The third-order valence-corrected chi connectivity index (χ3v) is 5.55. The molecule has 1 atom stereocenters. The minimum Gasteiger partial charge on any atom is -0.271 e. The SMILES string of the molecule is NNC(CSC1CCCC1)c1cncc2ccccc12. The number of nitrogens with one attached hydrogen (secondary N) is 1. The van der Waals surface area contributed by atoms with E-state index in [4.69, 9.17) is 5.84 Å². The zero-order valence-electron chi connectivity index (χ0n) is 11.6. The molecule has 20 heavy (non-hydrogen) atoms. The van der Waals surface area contributed by atoms with E-state index in [0.29, 0.717) is 0 Å². The molecular weight excluding hydrogens is 266 g/mol. The highest BCUT2D eigenvalue weighted by molar-refractivity contribution is 7.99. The van der Waals surface area contributed by atoms with Gasteiger partial charge in [-0.15, -0.1) is 0 Å². The molecule has 1 aliphatic carbocycles. The molecule has 2 aromatic rings. The van der Waals surface area contributed by atoms with Gasteiger partial charge in [0.15, 0.2) is 0 Å². The lowest BCUT2D eigenvalue weighted by Crippen LogP contribution is -2.30. The van der Waals surface area contributed by atoms with Crippen LogP contribution in [0.25, 0.3) is 10.8 Å². The highest BCUT2D eigenvalue weighted by Gasteiger charge is 2.19. The summed E-state index contributed by atoms with van der Waals surface area (Å²) in [5.41, 5.74) is 4.18. The molecule has 3 nitrogen and oxygen atoms in total. The second kappa shape index (κ2) is 6.57. The first-order chi connectivity index (χ1) is 9.88. The van der Waals surface area contributed by atoms with Gasteiger partial charge >= 0.3 is 0 Å². The predicted octanol–water partition coefficient (Wildman–Crippen LogP) is 3.42. The van der Waals surface area contributed by atoms with Crippen molar-refractivity contribution in [3.63, 3.8) is 0 Å². The Morgan fingerprint density at radius 3 is 2.85 bits per heavy atom. The Hall–Kier alpha value is -1.10. The zero-order chi connectivity index (χ0) is 13.8. The summed E-state index contributed by atoms with van der Waals surface area (Å²) in [5.74, 6) is 6.80. The van der Waals surface area contributed by atoms with Crippen LogP contribution in [0.15, 0.2) is 36.7 Å². The van der Waals surface area contributed by atoms with Crippen LogP contribution in [-0.2, 0) is 0 Å². The van der Waals surface area contributed by atoms with Crippen LogP contribution in [0.1, 0.15) is 37.3 Å². The number of rotatable bonds is 5. The van der Waals surface area contributed by atoms with E-state index in [9.17, 15) is 0 Å². The van der Waals surface area contributed by atoms with Gasteiger partial charge in [-0.2, -0.15) is 11.8 Å². The van der Waals surface area contributed by atoms with Crippen LogP contribution in [0.4, 0.5) is 0 Å². The number of nitrogens with two attached hydrogens (primary N) is 1. The third-order valence-electron chi connectivity index (χ3n) is 4.08. The predicted molar refractivity (Wildman–Crippen MR) is 86.5 cm³/mol. The van der Waals surface area contributed by atoms with Crippen LogP contribution in [0.3, 0.4) is 0 Å². The molecule has 106 valence electrons. The van der Waals surface area contributed by atoms with Crippen LogP contribution in [0.2, 0.25) is 0 Å². The Bertz CT molecular complexity index is 561. The largest absolute Gasteiger partial charge is 0.271 e. The molecule has 1 fully saturated rings. The van der Waals surface area contributed by atoms with E-state index in [1.54, 1.807) is 0 Å². The molecular formula is C16H21N3S. The van der Waals surface area contributed by atoms with Gasteiger partial charge in [0.25, 0.3) is 0 Å². The van der Waals surface area contributed by atoms with Crippen molar-refractivity contribution in [1.29, 1.82) is 0 Å². The highest BCUT2D eigenvalue weighted by Crippen LogP contribution is 2.33. The summed E-state index contributed by atoms with van der Waals surface area (Å²) in [7, 11) is 0. The number of benzene rings is 1. The second-order valence-electron chi connectivity index (χ2n) is 5.41. The lowest BCUT2D eigenvalue weighted by Gasteiger charge is -2.19. The smallest absolute Gasteiger partial charge is 0.0571 e. The molecule has 3 N–H and O–H groups in total. The summed E-state index contributed by atoms with van der Waals surface area (Å²) < 4.78 is 0. The Morgan fingerprint density at radius 1 is 1.25 bits per heavy atom. The van der Waals surface area contributed by atoms with Crippen molar-refractivity contribution in [3.05, 3.63) is 42.2 Å². The Morgan fingerprint density at radius 2 is 2.05 bits per heavy atom. The van der Waals surface area contributed by atoms with E-state index in [0.717, 1.165) is 11.0 Å². The maximum atomic E-state index is 5.79. The van der Waals surface area contributed by atoms with Gasteiger partial charge in [-0.1, -0.05) is 37.1 Å². The number of pyridine rings is 1. The zero-order valence-corrected chi connectivity index (χ0v) is 12.4. The van der Waals surface area contributed by atoms with Crippen LogP contribution >= 0.6 is 11.8 Å². The van der Waals surface area contributed by atoms with E-state index in [1.807, 2.05) is 30.2 Å². The van der Waals surface area contributed by atoms with Crippen LogP contribution in [-0.4, -0.2) is 16.0 Å². The molecule has 1 aliphatic rings. The molecule has 0 saturated heterocycles. The van der Waals surface area contributed by atoms with Gasteiger partial charge < -0.3 is 0 Å². The van der Waals surface area contributed by atoms with Crippen molar-refractivity contribution in [2.24, 2.45) is 5.84 Å². The minimum absolute atomic E-state index is 0.166. The van der Waals surface area contributed by atoms with E-state index >= 15 is 0 Å². The summed E-state index contributed by atoms with van der Waals surface area (Å²) in [6.07, 6.45) is 9.34. The first-order valence-corrected chi connectivity index (χ1v) is 8.34. The molecule has 0 amide bonds. The fourth-order valence-electron chi connectivity index (χ4n) is 2.93. The molecule has 4 heteroatoms. The maximum absolute atomic E-state index is 5.79. The lowest BCUT2D eigenvalue weighted by atomic mass is 10.0. The van der Waals surface area contributed by atoms with Gasteiger partial charge in [0.2, 0.25) is 0 Å². The number of thioether (sulfide) groups is 1. The Kier molecular flexibility index (Phi) is 4.55. The lowest BCUT2D eigenvalue weighted by molar-refractivity contribution is 0.611. The van der Waals surface area contributed by atoms with E-state index in [1.165, 1.54) is 42.0 Å². The highest BCUT2D eigenvalue weighted by atomic mass is 32.2. The molecule has 1 saturated carbocycles. The molecule has 1 unspecified atom stereocenters. The van der Waals surface area contributed by atoms with E-state index < -0.39 is 0 Å². The summed E-state index contributed by atoms with van der Waals surface area (Å²) in [4.78, 5) is 4.36. The average molecular weight is 287 g/mol. The van der Waals surface area contributed by atoms with Gasteiger partial charge in [0.05, 0.1) is 6.04 Å². The van der Waals surface area contributed by atoms with E-state index in [2.05, 4.69) is 28.6 Å².